The van der Waals surface area contributed by atoms with Crippen LogP contribution in [0.4, 0.5) is 4.39 Å². The second-order valence-electron chi connectivity index (χ2n) is 7.76. The molecule has 1 saturated carbocycles. The zero-order valence-electron chi connectivity index (χ0n) is 14.7. The number of aromatic nitrogens is 1. The highest BCUT2D eigenvalue weighted by Crippen LogP contribution is 2.44. The molecule has 0 radical (unpaired) electrons. The van der Waals surface area contributed by atoms with E-state index >= 15 is 0 Å². The number of hydrogen-bond donors (Lipinski definition) is 1. The maximum atomic E-state index is 13.1. The molecule has 6 heteroatoms. The first-order valence-corrected chi connectivity index (χ1v) is 9.46. The van der Waals surface area contributed by atoms with Crippen molar-refractivity contribution in [3.05, 3.63) is 42.0 Å². The normalized spacial score (nSPS) is 27.7. The summed E-state index contributed by atoms with van der Waals surface area (Å²) in [6.45, 7) is 2.07. The molecule has 1 N–H and O–H groups in total. The van der Waals surface area contributed by atoms with E-state index in [1.54, 1.807) is 0 Å². The van der Waals surface area contributed by atoms with Gasteiger partial charge in [0, 0.05) is 31.7 Å². The van der Waals surface area contributed by atoms with E-state index in [1.165, 1.54) is 12.3 Å². The van der Waals surface area contributed by atoms with Crippen LogP contribution in [0.3, 0.4) is 0 Å². The van der Waals surface area contributed by atoms with E-state index in [9.17, 15) is 14.0 Å². The molecule has 2 fully saturated rings. The van der Waals surface area contributed by atoms with Gasteiger partial charge in [-0.15, -0.1) is 0 Å². The third-order valence-corrected chi connectivity index (χ3v) is 6.04. The molecule has 2 aliphatic carbocycles. The second-order valence-corrected chi connectivity index (χ2v) is 7.76. The minimum absolute atomic E-state index is 0.182. The lowest BCUT2D eigenvalue weighted by molar-refractivity contribution is -0.137. The molecular weight excluding hydrogens is 333 g/mol. The minimum atomic E-state index is -0.514. The molecule has 2 amide bonds. The highest BCUT2D eigenvalue weighted by Gasteiger charge is 2.41. The van der Waals surface area contributed by atoms with Gasteiger partial charge in [-0.2, -0.15) is 0 Å². The minimum Gasteiger partial charge on any atom is -0.352 e. The van der Waals surface area contributed by atoms with Crippen LogP contribution in [-0.2, 0) is 4.79 Å². The lowest BCUT2D eigenvalue weighted by Crippen LogP contribution is -2.44. The van der Waals surface area contributed by atoms with E-state index in [0.29, 0.717) is 30.2 Å². The Hall–Kier alpha value is -2.24. The van der Waals surface area contributed by atoms with Crippen LogP contribution in [0.25, 0.3) is 0 Å². The van der Waals surface area contributed by atoms with Gasteiger partial charge in [-0.3, -0.25) is 14.6 Å². The molecule has 26 heavy (non-hydrogen) atoms. The Bertz CT molecular complexity index is 728. The van der Waals surface area contributed by atoms with Crippen LogP contribution in [0, 0.1) is 29.5 Å². The van der Waals surface area contributed by atoms with Crippen molar-refractivity contribution in [3.8, 4) is 0 Å². The Morgan fingerprint density at radius 3 is 2.65 bits per heavy atom. The smallest absolute Gasteiger partial charge is 0.252 e. The molecule has 1 saturated heterocycles. The van der Waals surface area contributed by atoms with Crippen molar-refractivity contribution < 1.29 is 14.0 Å². The van der Waals surface area contributed by atoms with Gasteiger partial charge in [0.15, 0.2) is 0 Å². The molecule has 1 aliphatic heterocycles. The first-order valence-electron chi connectivity index (χ1n) is 9.46. The molecule has 3 aliphatic rings. The second kappa shape index (κ2) is 7.17. The topological polar surface area (TPSA) is 62.3 Å². The van der Waals surface area contributed by atoms with E-state index in [1.807, 2.05) is 4.90 Å². The number of pyridine rings is 1. The summed E-state index contributed by atoms with van der Waals surface area (Å²) < 4.78 is 13.1. The fraction of sp³-hybridized carbons (Fsp3) is 0.550. The van der Waals surface area contributed by atoms with Crippen LogP contribution in [0.2, 0.25) is 0 Å². The molecule has 138 valence electrons. The van der Waals surface area contributed by atoms with Gasteiger partial charge in [0.2, 0.25) is 5.91 Å². The first kappa shape index (κ1) is 17.2. The van der Waals surface area contributed by atoms with Crippen LogP contribution >= 0.6 is 0 Å². The van der Waals surface area contributed by atoms with E-state index in [0.717, 1.165) is 45.0 Å². The van der Waals surface area contributed by atoms with Crippen LogP contribution in [0.5, 0.6) is 0 Å². The predicted octanol–water partition coefficient (Wildman–Crippen LogP) is 2.40. The SMILES string of the molecule is O=C(NCC1CCN(C(=O)[C@@H]2C[C@@H]3C=C[C@H]2C3)CC1)c1cncc(F)c1. The quantitative estimate of drug-likeness (QED) is 0.842. The predicted molar refractivity (Wildman–Crippen MR) is 94.7 cm³/mol. The van der Waals surface area contributed by atoms with Gasteiger partial charge in [0.05, 0.1) is 11.8 Å². The Balaban J connectivity index is 1.23. The lowest BCUT2D eigenvalue weighted by Gasteiger charge is -2.34. The number of carbonyl (C=O) groups excluding carboxylic acids is 2. The number of fused-ring (bicyclic) bond motifs is 2. The Morgan fingerprint density at radius 1 is 1.19 bits per heavy atom. The monoisotopic (exact) mass is 357 g/mol. The van der Waals surface area contributed by atoms with Gasteiger partial charge in [-0.25, -0.2) is 4.39 Å². The largest absolute Gasteiger partial charge is 0.352 e. The number of halogens is 1. The number of hydrogen-bond acceptors (Lipinski definition) is 3. The molecule has 1 aromatic rings. The van der Waals surface area contributed by atoms with E-state index in [-0.39, 0.29) is 17.4 Å². The summed E-state index contributed by atoms with van der Waals surface area (Å²) in [7, 11) is 0. The molecule has 1 aromatic heterocycles. The van der Waals surface area contributed by atoms with Gasteiger partial charge >= 0.3 is 0 Å². The van der Waals surface area contributed by atoms with E-state index in [2.05, 4.69) is 22.5 Å². The van der Waals surface area contributed by atoms with Crippen molar-refractivity contribution in [2.75, 3.05) is 19.6 Å². The van der Waals surface area contributed by atoms with Gasteiger partial charge in [0.1, 0.15) is 5.82 Å². The maximum Gasteiger partial charge on any atom is 0.252 e. The van der Waals surface area contributed by atoms with Crippen molar-refractivity contribution in [3.63, 3.8) is 0 Å². The number of rotatable bonds is 4. The van der Waals surface area contributed by atoms with Gasteiger partial charge < -0.3 is 10.2 Å². The fourth-order valence-corrected chi connectivity index (χ4v) is 4.53. The zero-order valence-corrected chi connectivity index (χ0v) is 14.7. The molecule has 2 heterocycles. The lowest BCUT2D eigenvalue weighted by atomic mass is 9.90. The summed E-state index contributed by atoms with van der Waals surface area (Å²) in [5, 5.41) is 2.86. The van der Waals surface area contributed by atoms with Gasteiger partial charge in [0.25, 0.3) is 5.91 Å². The standard InChI is InChI=1S/C20H24FN3O2/c21-17-9-16(11-22-12-17)19(25)23-10-13-3-5-24(6-4-13)20(26)18-8-14-1-2-15(18)7-14/h1-2,9,11-15,18H,3-8,10H2,(H,23,25)/t14-,15+,18-/m1/s1. The average Bonchev–Trinajstić information content (AvgIpc) is 3.29. The number of allylic oxidation sites excluding steroid dienone is 2. The summed E-state index contributed by atoms with van der Waals surface area (Å²) in [6.07, 6.45) is 10.9. The number of carbonyl (C=O) groups is 2. The summed E-state index contributed by atoms with van der Waals surface area (Å²) >= 11 is 0. The molecule has 3 atom stereocenters. The first-order chi connectivity index (χ1) is 12.6. The Labute approximate surface area is 152 Å². The molecule has 5 nitrogen and oxygen atoms in total. The highest BCUT2D eigenvalue weighted by molar-refractivity contribution is 5.93. The molecule has 2 bridgehead atoms. The molecular formula is C20H24FN3O2. The van der Waals surface area contributed by atoms with Crippen molar-refractivity contribution in [2.45, 2.75) is 25.7 Å². The fourth-order valence-electron chi connectivity index (χ4n) is 4.53. The number of amides is 2. The van der Waals surface area contributed by atoms with Crippen LogP contribution in [0.15, 0.2) is 30.6 Å². The van der Waals surface area contributed by atoms with Crippen molar-refractivity contribution in [2.24, 2.45) is 23.7 Å². The number of nitrogens with one attached hydrogen (secondary N) is 1. The third-order valence-electron chi connectivity index (χ3n) is 6.04. The average molecular weight is 357 g/mol. The summed E-state index contributed by atoms with van der Waals surface area (Å²) in [6, 6.07) is 1.19. The van der Waals surface area contributed by atoms with E-state index in [4.69, 9.17) is 0 Å². The summed E-state index contributed by atoms with van der Waals surface area (Å²) in [4.78, 5) is 30.5. The third kappa shape index (κ3) is 3.50. The molecule has 0 aromatic carbocycles. The summed E-state index contributed by atoms with van der Waals surface area (Å²) in [5.41, 5.74) is 0.238. The van der Waals surface area contributed by atoms with Gasteiger partial charge in [-0.05, 0) is 49.5 Å². The Morgan fingerprint density at radius 2 is 2.00 bits per heavy atom. The summed E-state index contributed by atoms with van der Waals surface area (Å²) in [5.74, 6) is 1.09. The highest BCUT2D eigenvalue weighted by atomic mass is 19.1. The molecule has 0 unspecified atom stereocenters. The van der Waals surface area contributed by atoms with Crippen LogP contribution in [-0.4, -0.2) is 41.3 Å². The Kier molecular flexibility index (Phi) is 4.74. The van der Waals surface area contributed by atoms with Crippen LogP contribution in [0.1, 0.15) is 36.0 Å². The number of likely N-dealkylation sites (tertiary alicyclic amines) is 1. The molecule has 0 spiro atoms. The van der Waals surface area contributed by atoms with Crippen molar-refractivity contribution in [1.29, 1.82) is 0 Å². The van der Waals surface area contributed by atoms with Crippen molar-refractivity contribution in [1.82, 2.24) is 15.2 Å². The van der Waals surface area contributed by atoms with Crippen molar-refractivity contribution >= 4 is 11.8 Å². The zero-order chi connectivity index (χ0) is 18.1. The van der Waals surface area contributed by atoms with Gasteiger partial charge in [-0.1, -0.05) is 12.2 Å². The van der Waals surface area contributed by atoms with E-state index < -0.39 is 5.82 Å². The number of piperidine rings is 1. The maximum absolute atomic E-state index is 13.1. The van der Waals surface area contributed by atoms with Crippen LogP contribution < -0.4 is 5.32 Å². The number of nitrogens with zero attached hydrogens (tertiary/aromatic N) is 2. The molecule has 4 rings (SSSR count).